The Morgan fingerprint density at radius 3 is 2.86 bits per heavy atom. The Labute approximate surface area is 122 Å². The SMILES string of the molecule is C[C@H]1CNCCN1C(=O)Cc1ccc(-n2cnnn2)cc1. The van der Waals surface area contributed by atoms with Crippen LogP contribution in [0.3, 0.4) is 0 Å². The fourth-order valence-corrected chi connectivity index (χ4v) is 2.53. The lowest BCUT2D eigenvalue weighted by Gasteiger charge is -2.34. The zero-order valence-corrected chi connectivity index (χ0v) is 11.9. The molecule has 0 saturated carbocycles. The van der Waals surface area contributed by atoms with Gasteiger partial charge in [-0.05, 0) is 35.0 Å². The van der Waals surface area contributed by atoms with Crippen molar-refractivity contribution in [3.8, 4) is 5.69 Å². The maximum Gasteiger partial charge on any atom is 0.227 e. The van der Waals surface area contributed by atoms with E-state index in [0.717, 1.165) is 30.9 Å². The van der Waals surface area contributed by atoms with E-state index in [-0.39, 0.29) is 11.9 Å². The summed E-state index contributed by atoms with van der Waals surface area (Å²) in [4.78, 5) is 14.3. The van der Waals surface area contributed by atoms with Crippen LogP contribution in [-0.2, 0) is 11.2 Å². The van der Waals surface area contributed by atoms with Crippen molar-refractivity contribution in [2.24, 2.45) is 0 Å². The van der Waals surface area contributed by atoms with Gasteiger partial charge in [-0.2, -0.15) is 0 Å². The van der Waals surface area contributed by atoms with Gasteiger partial charge in [0.25, 0.3) is 0 Å². The van der Waals surface area contributed by atoms with Crippen molar-refractivity contribution in [1.82, 2.24) is 30.4 Å². The second kappa shape index (κ2) is 6.01. The van der Waals surface area contributed by atoms with Crippen LogP contribution in [0.15, 0.2) is 30.6 Å². The Morgan fingerprint density at radius 1 is 1.38 bits per heavy atom. The first-order valence-corrected chi connectivity index (χ1v) is 7.06. The molecule has 1 aliphatic rings. The molecule has 21 heavy (non-hydrogen) atoms. The zero-order valence-electron chi connectivity index (χ0n) is 11.9. The number of hydrogen-bond donors (Lipinski definition) is 1. The Kier molecular flexibility index (Phi) is 3.92. The second-order valence-corrected chi connectivity index (χ2v) is 5.24. The maximum absolute atomic E-state index is 12.4. The molecule has 1 aliphatic heterocycles. The van der Waals surface area contributed by atoms with Gasteiger partial charge in [0.15, 0.2) is 0 Å². The summed E-state index contributed by atoms with van der Waals surface area (Å²) in [5, 5.41) is 14.3. The number of hydrogen-bond acceptors (Lipinski definition) is 5. The number of aromatic nitrogens is 4. The molecule has 0 radical (unpaired) electrons. The minimum absolute atomic E-state index is 0.180. The zero-order chi connectivity index (χ0) is 14.7. The highest BCUT2D eigenvalue weighted by Gasteiger charge is 2.22. The van der Waals surface area contributed by atoms with Crippen LogP contribution in [0.2, 0.25) is 0 Å². The first-order chi connectivity index (χ1) is 10.2. The Hall–Kier alpha value is -2.28. The number of nitrogens with one attached hydrogen (secondary N) is 1. The van der Waals surface area contributed by atoms with Crippen molar-refractivity contribution in [2.45, 2.75) is 19.4 Å². The maximum atomic E-state index is 12.4. The van der Waals surface area contributed by atoms with Crippen molar-refractivity contribution in [3.05, 3.63) is 36.2 Å². The third-order valence-corrected chi connectivity index (χ3v) is 3.73. The third-order valence-electron chi connectivity index (χ3n) is 3.73. The van der Waals surface area contributed by atoms with Crippen LogP contribution in [0.1, 0.15) is 12.5 Å². The second-order valence-electron chi connectivity index (χ2n) is 5.24. The largest absolute Gasteiger partial charge is 0.337 e. The quantitative estimate of drug-likeness (QED) is 0.861. The van der Waals surface area contributed by atoms with Gasteiger partial charge < -0.3 is 10.2 Å². The summed E-state index contributed by atoms with van der Waals surface area (Å²) in [6.07, 6.45) is 1.97. The molecule has 1 saturated heterocycles. The molecule has 110 valence electrons. The molecular weight excluding hydrogens is 268 g/mol. The predicted molar refractivity (Wildman–Crippen MR) is 76.9 cm³/mol. The van der Waals surface area contributed by atoms with Gasteiger partial charge in [-0.25, -0.2) is 4.68 Å². The molecule has 1 amide bonds. The van der Waals surface area contributed by atoms with E-state index in [0.29, 0.717) is 6.42 Å². The monoisotopic (exact) mass is 286 g/mol. The lowest BCUT2D eigenvalue weighted by molar-refractivity contribution is -0.133. The van der Waals surface area contributed by atoms with Crippen LogP contribution < -0.4 is 5.32 Å². The minimum atomic E-state index is 0.180. The van der Waals surface area contributed by atoms with E-state index < -0.39 is 0 Å². The van der Waals surface area contributed by atoms with Gasteiger partial charge in [0.05, 0.1) is 12.1 Å². The number of rotatable bonds is 3. The highest BCUT2D eigenvalue weighted by Crippen LogP contribution is 2.11. The van der Waals surface area contributed by atoms with Crippen molar-refractivity contribution in [2.75, 3.05) is 19.6 Å². The summed E-state index contributed by atoms with van der Waals surface area (Å²) in [5.74, 6) is 0.180. The van der Waals surface area contributed by atoms with E-state index in [1.54, 1.807) is 11.0 Å². The summed E-state index contributed by atoms with van der Waals surface area (Å²) in [5.41, 5.74) is 1.88. The molecule has 7 heteroatoms. The topological polar surface area (TPSA) is 75.9 Å². The molecule has 3 rings (SSSR count). The van der Waals surface area contributed by atoms with Crippen molar-refractivity contribution in [1.29, 1.82) is 0 Å². The highest BCUT2D eigenvalue weighted by atomic mass is 16.2. The Bertz CT molecular complexity index is 594. The fraction of sp³-hybridized carbons (Fsp3) is 0.429. The summed E-state index contributed by atoms with van der Waals surface area (Å²) in [6, 6.07) is 7.98. The van der Waals surface area contributed by atoms with Crippen LogP contribution in [0.5, 0.6) is 0 Å². The molecular formula is C14H18N6O. The molecule has 0 aliphatic carbocycles. The first-order valence-electron chi connectivity index (χ1n) is 7.06. The van der Waals surface area contributed by atoms with Gasteiger partial charge >= 0.3 is 0 Å². The highest BCUT2D eigenvalue weighted by molar-refractivity contribution is 5.79. The van der Waals surface area contributed by atoms with Gasteiger partial charge in [0.1, 0.15) is 6.33 Å². The summed E-state index contributed by atoms with van der Waals surface area (Å²) >= 11 is 0. The lowest BCUT2D eigenvalue weighted by atomic mass is 10.1. The van der Waals surface area contributed by atoms with Gasteiger partial charge in [-0.1, -0.05) is 12.1 Å². The van der Waals surface area contributed by atoms with E-state index >= 15 is 0 Å². The van der Waals surface area contributed by atoms with Crippen LogP contribution in [0.25, 0.3) is 5.69 Å². The molecule has 0 unspecified atom stereocenters. The molecule has 7 nitrogen and oxygen atoms in total. The van der Waals surface area contributed by atoms with E-state index in [4.69, 9.17) is 0 Å². The van der Waals surface area contributed by atoms with Crippen molar-refractivity contribution >= 4 is 5.91 Å². The van der Waals surface area contributed by atoms with E-state index in [2.05, 4.69) is 27.8 Å². The minimum Gasteiger partial charge on any atom is -0.337 e. The standard InChI is InChI=1S/C14H18N6O/c1-11-9-15-6-7-19(11)14(21)8-12-2-4-13(5-3-12)20-10-16-17-18-20/h2-5,10-11,15H,6-9H2,1H3/t11-/m0/s1. The van der Waals surface area contributed by atoms with Crippen molar-refractivity contribution < 1.29 is 4.79 Å². The third kappa shape index (κ3) is 3.08. The molecule has 2 heterocycles. The fourth-order valence-electron chi connectivity index (χ4n) is 2.53. The van der Waals surface area contributed by atoms with E-state index in [1.165, 1.54) is 0 Å². The summed E-state index contributed by atoms with van der Waals surface area (Å²) in [7, 11) is 0. The number of tetrazole rings is 1. The number of carbonyl (C=O) groups excluding carboxylic acids is 1. The van der Waals surface area contributed by atoms with Crippen LogP contribution in [0, 0.1) is 0 Å². The van der Waals surface area contributed by atoms with Crippen LogP contribution in [-0.4, -0.2) is 56.7 Å². The summed E-state index contributed by atoms with van der Waals surface area (Å²) in [6.45, 7) is 4.59. The molecule has 1 aromatic carbocycles. The van der Waals surface area contributed by atoms with Crippen molar-refractivity contribution in [3.63, 3.8) is 0 Å². The first kappa shape index (κ1) is 13.7. The number of nitrogens with zero attached hydrogens (tertiary/aromatic N) is 5. The molecule has 1 atom stereocenters. The van der Waals surface area contributed by atoms with Crippen LogP contribution >= 0.6 is 0 Å². The average molecular weight is 286 g/mol. The summed E-state index contributed by atoms with van der Waals surface area (Å²) < 4.78 is 1.59. The van der Waals surface area contributed by atoms with Gasteiger partial charge in [0.2, 0.25) is 5.91 Å². The molecule has 2 aromatic rings. The number of piperazine rings is 1. The molecule has 1 N–H and O–H groups in total. The molecule has 1 fully saturated rings. The van der Waals surface area contributed by atoms with E-state index in [1.807, 2.05) is 29.2 Å². The van der Waals surface area contributed by atoms with E-state index in [9.17, 15) is 4.79 Å². The normalized spacial score (nSPS) is 18.7. The average Bonchev–Trinajstić information content (AvgIpc) is 3.02. The Balaban J connectivity index is 1.66. The predicted octanol–water partition coefficient (Wildman–Crippen LogP) is 0.0251. The van der Waals surface area contributed by atoms with Gasteiger partial charge in [0, 0.05) is 25.7 Å². The molecule has 0 spiro atoms. The molecule has 0 bridgehead atoms. The smallest absolute Gasteiger partial charge is 0.227 e. The molecule has 1 aromatic heterocycles. The number of carbonyl (C=O) groups is 1. The lowest BCUT2D eigenvalue weighted by Crippen LogP contribution is -2.52. The Morgan fingerprint density at radius 2 is 2.19 bits per heavy atom. The number of benzene rings is 1. The number of amides is 1. The van der Waals surface area contributed by atoms with Gasteiger partial charge in [-0.15, -0.1) is 5.10 Å². The van der Waals surface area contributed by atoms with Gasteiger partial charge in [-0.3, -0.25) is 4.79 Å². The van der Waals surface area contributed by atoms with Crippen LogP contribution in [0.4, 0.5) is 0 Å².